The molecular formula is C7H13NO3. The Morgan fingerprint density at radius 3 is 2.82 bits per heavy atom. The van der Waals surface area contributed by atoms with Crippen LogP contribution >= 0.6 is 0 Å². The quantitative estimate of drug-likeness (QED) is 0.448. The van der Waals surface area contributed by atoms with Crippen LogP contribution in [0.25, 0.3) is 0 Å². The highest BCUT2D eigenvalue weighted by molar-refractivity contribution is 5.86. The number of amides is 1. The maximum Gasteiger partial charge on any atom is 0.245 e. The summed E-state index contributed by atoms with van der Waals surface area (Å²) in [5, 5.41) is 8.92. The molecule has 0 saturated carbocycles. The second-order valence-electron chi connectivity index (χ2n) is 2.11. The van der Waals surface area contributed by atoms with Gasteiger partial charge in [0.05, 0.1) is 6.54 Å². The van der Waals surface area contributed by atoms with Crippen LogP contribution < -0.4 is 0 Å². The van der Waals surface area contributed by atoms with E-state index in [1.807, 2.05) is 0 Å². The van der Waals surface area contributed by atoms with Crippen molar-refractivity contribution in [1.29, 1.82) is 0 Å². The molecule has 0 aromatic rings. The topological polar surface area (TPSA) is 49.8 Å². The summed E-state index contributed by atoms with van der Waals surface area (Å²) < 4.78 is 4.54. The Morgan fingerprint density at radius 2 is 2.45 bits per heavy atom. The molecule has 4 nitrogen and oxygen atoms in total. The molecule has 1 atom stereocenters. The number of nitrogens with zero attached hydrogens (tertiary/aromatic N) is 1. The SMILES string of the molecule is C=CC(=O)N(C)CC(O)OC. The maximum absolute atomic E-state index is 10.8. The summed E-state index contributed by atoms with van der Waals surface area (Å²) in [7, 11) is 2.93. The molecule has 0 aliphatic rings. The van der Waals surface area contributed by atoms with Gasteiger partial charge in [-0.2, -0.15) is 0 Å². The molecule has 0 heterocycles. The number of aliphatic hydroxyl groups is 1. The Morgan fingerprint density at radius 1 is 1.91 bits per heavy atom. The van der Waals surface area contributed by atoms with Crippen LogP contribution in [0.2, 0.25) is 0 Å². The summed E-state index contributed by atoms with van der Waals surface area (Å²) in [4.78, 5) is 12.1. The second kappa shape index (κ2) is 4.87. The van der Waals surface area contributed by atoms with Crippen molar-refractivity contribution >= 4 is 5.91 Å². The predicted molar refractivity (Wildman–Crippen MR) is 40.8 cm³/mol. The summed E-state index contributed by atoms with van der Waals surface area (Å²) in [6.45, 7) is 3.46. The lowest BCUT2D eigenvalue weighted by Gasteiger charge is -2.17. The van der Waals surface area contributed by atoms with Gasteiger partial charge in [0.25, 0.3) is 0 Å². The molecule has 1 N–H and O–H groups in total. The molecule has 4 heteroatoms. The van der Waals surface area contributed by atoms with Crippen molar-refractivity contribution in [3.8, 4) is 0 Å². The average molecular weight is 159 g/mol. The van der Waals surface area contributed by atoms with E-state index in [0.717, 1.165) is 0 Å². The summed E-state index contributed by atoms with van der Waals surface area (Å²) in [6.07, 6.45) is 0.256. The van der Waals surface area contributed by atoms with Gasteiger partial charge in [0.2, 0.25) is 5.91 Å². The van der Waals surface area contributed by atoms with E-state index < -0.39 is 6.29 Å². The maximum atomic E-state index is 10.8. The van der Waals surface area contributed by atoms with Crippen LogP contribution in [-0.4, -0.2) is 42.9 Å². The molecule has 0 aliphatic heterocycles. The lowest BCUT2D eigenvalue weighted by atomic mass is 10.5. The number of aliphatic hydroxyl groups excluding tert-OH is 1. The monoisotopic (exact) mass is 159 g/mol. The zero-order valence-electron chi connectivity index (χ0n) is 6.78. The van der Waals surface area contributed by atoms with Gasteiger partial charge >= 0.3 is 0 Å². The molecule has 0 rings (SSSR count). The van der Waals surface area contributed by atoms with Crippen molar-refractivity contribution in [3.63, 3.8) is 0 Å². The first-order chi connectivity index (χ1) is 5.11. The van der Waals surface area contributed by atoms with E-state index in [9.17, 15) is 4.79 Å². The smallest absolute Gasteiger partial charge is 0.245 e. The van der Waals surface area contributed by atoms with E-state index in [2.05, 4.69) is 11.3 Å². The molecule has 1 amide bonds. The van der Waals surface area contributed by atoms with Crippen molar-refractivity contribution in [3.05, 3.63) is 12.7 Å². The van der Waals surface area contributed by atoms with Gasteiger partial charge in [-0.15, -0.1) is 0 Å². The van der Waals surface area contributed by atoms with Crippen LogP contribution in [0.3, 0.4) is 0 Å². The Kier molecular flexibility index (Phi) is 4.49. The first kappa shape index (κ1) is 10.1. The molecule has 0 bridgehead atoms. The molecular weight excluding hydrogens is 146 g/mol. The molecule has 0 aliphatic carbocycles. The third-order valence-corrected chi connectivity index (χ3v) is 1.25. The highest BCUT2D eigenvalue weighted by atomic mass is 16.6. The number of hydrogen-bond donors (Lipinski definition) is 1. The standard InChI is InChI=1S/C7H13NO3/c1-4-6(9)8(2)5-7(10)11-3/h4,7,10H,1,5H2,2-3H3. The number of methoxy groups -OCH3 is 1. The van der Waals surface area contributed by atoms with Gasteiger partial charge in [-0.1, -0.05) is 6.58 Å². The predicted octanol–water partition coefficient (Wildman–Crippen LogP) is -0.404. The molecule has 0 fully saturated rings. The normalized spacial score (nSPS) is 12.3. The van der Waals surface area contributed by atoms with Crippen molar-refractivity contribution < 1.29 is 14.6 Å². The van der Waals surface area contributed by atoms with Crippen LogP contribution in [0.4, 0.5) is 0 Å². The summed E-state index contributed by atoms with van der Waals surface area (Å²) in [6, 6.07) is 0. The Balaban J connectivity index is 3.76. The van der Waals surface area contributed by atoms with E-state index in [-0.39, 0.29) is 12.5 Å². The average Bonchev–Trinajstić information content (AvgIpc) is 2.02. The van der Waals surface area contributed by atoms with Gasteiger partial charge in [0.1, 0.15) is 0 Å². The first-order valence-electron chi connectivity index (χ1n) is 3.20. The van der Waals surface area contributed by atoms with Gasteiger partial charge in [-0.3, -0.25) is 4.79 Å². The van der Waals surface area contributed by atoms with Crippen molar-refractivity contribution in [1.82, 2.24) is 4.90 Å². The molecule has 0 saturated heterocycles. The summed E-state index contributed by atoms with van der Waals surface area (Å²) in [5.74, 6) is -0.235. The summed E-state index contributed by atoms with van der Waals surface area (Å²) in [5.41, 5.74) is 0. The fraction of sp³-hybridized carbons (Fsp3) is 0.571. The Labute approximate surface area is 66.1 Å². The first-order valence-corrected chi connectivity index (χ1v) is 3.20. The molecule has 1 unspecified atom stereocenters. The largest absolute Gasteiger partial charge is 0.366 e. The third-order valence-electron chi connectivity index (χ3n) is 1.25. The number of carbonyl (C=O) groups is 1. The minimum atomic E-state index is -0.927. The molecule has 0 aromatic heterocycles. The minimum Gasteiger partial charge on any atom is -0.366 e. The minimum absolute atomic E-state index is 0.154. The van der Waals surface area contributed by atoms with E-state index in [4.69, 9.17) is 5.11 Å². The Bertz CT molecular complexity index is 147. The van der Waals surface area contributed by atoms with Gasteiger partial charge < -0.3 is 14.7 Å². The van der Waals surface area contributed by atoms with Crippen molar-refractivity contribution in [2.75, 3.05) is 20.7 Å². The van der Waals surface area contributed by atoms with Gasteiger partial charge in [-0.25, -0.2) is 0 Å². The van der Waals surface area contributed by atoms with Crippen molar-refractivity contribution in [2.45, 2.75) is 6.29 Å². The third kappa shape index (κ3) is 3.75. The highest BCUT2D eigenvalue weighted by Crippen LogP contribution is 1.90. The van der Waals surface area contributed by atoms with E-state index >= 15 is 0 Å². The van der Waals surface area contributed by atoms with Crippen LogP contribution in [0.15, 0.2) is 12.7 Å². The van der Waals surface area contributed by atoms with Crippen molar-refractivity contribution in [2.24, 2.45) is 0 Å². The lowest BCUT2D eigenvalue weighted by Crippen LogP contribution is -2.33. The van der Waals surface area contributed by atoms with Gasteiger partial charge in [-0.05, 0) is 6.08 Å². The van der Waals surface area contributed by atoms with E-state index in [1.165, 1.54) is 18.1 Å². The molecule has 64 valence electrons. The van der Waals surface area contributed by atoms with Crippen LogP contribution in [0.5, 0.6) is 0 Å². The zero-order chi connectivity index (χ0) is 8.85. The van der Waals surface area contributed by atoms with Crippen LogP contribution in [0, 0.1) is 0 Å². The second-order valence-corrected chi connectivity index (χ2v) is 2.11. The van der Waals surface area contributed by atoms with E-state index in [0.29, 0.717) is 0 Å². The molecule has 0 spiro atoms. The van der Waals surface area contributed by atoms with Crippen LogP contribution in [0.1, 0.15) is 0 Å². The zero-order valence-corrected chi connectivity index (χ0v) is 6.78. The van der Waals surface area contributed by atoms with E-state index in [1.54, 1.807) is 7.05 Å². The fourth-order valence-corrected chi connectivity index (χ4v) is 0.555. The van der Waals surface area contributed by atoms with Gasteiger partial charge in [0, 0.05) is 14.2 Å². The molecule has 0 aromatic carbocycles. The number of hydrogen-bond acceptors (Lipinski definition) is 3. The number of rotatable bonds is 4. The highest BCUT2D eigenvalue weighted by Gasteiger charge is 2.08. The van der Waals surface area contributed by atoms with Gasteiger partial charge in [0.15, 0.2) is 6.29 Å². The molecule has 11 heavy (non-hydrogen) atoms. The Hall–Kier alpha value is -0.870. The fourth-order valence-electron chi connectivity index (χ4n) is 0.555. The number of carbonyl (C=O) groups excluding carboxylic acids is 1. The molecule has 0 radical (unpaired) electrons. The number of ether oxygens (including phenoxy) is 1. The lowest BCUT2D eigenvalue weighted by molar-refractivity contribution is -0.133. The summed E-state index contributed by atoms with van der Waals surface area (Å²) >= 11 is 0. The number of likely N-dealkylation sites (N-methyl/N-ethyl adjacent to an activating group) is 1. The van der Waals surface area contributed by atoms with Crippen LogP contribution in [-0.2, 0) is 9.53 Å².